The molecule has 1 N–H and O–H groups in total. The van der Waals surface area contributed by atoms with Crippen LogP contribution in [0.1, 0.15) is 6.42 Å². The van der Waals surface area contributed by atoms with Gasteiger partial charge >= 0.3 is 6.03 Å². The molecule has 0 bridgehead atoms. The molecule has 2 saturated heterocycles. The first kappa shape index (κ1) is 14.5. The van der Waals surface area contributed by atoms with Crippen LogP contribution in [0.15, 0.2) is 16.9 Å². The highest BCUT2D eigenvalue weighted by Gasteiger charge is 2.42. The van der Waals surface area contributed by atoms with Gasteiger partial charge in [0, 0.05) is 39.1 Å². The number of hydrogen-bond acceptors (Lipinski definition) is 5. The Kier molecular flexibility index (Phi) is 4.25. The molecule has 8 heteroatoms. The van der Waals surface area contributed by atoms with E-state index in [0.29, 0.717) is 19.1 Å². The SMILES string of the molecule is COCCN1C(=O)N[C@@H]2CN(c3ncc(Br)cn3)CC[C@@H]21. The van der Waals surface area contributed by atoms with Crippen LogP contribution in [-0.4, -0.2) is 66.3 Å². The fourth-order valence-corrected chi connectivity index (χ4v) is 3.16. The topological polar surface area (TPSA) is 70.6 Å². The Morgan fingerprint density at radius 2 is 2.24 bits per heavy atom. The molecule has 114 valence electrons. The lowest BCUT2D eigenvalue weighted by Crippen LogP contribution is -2.52. The number of aromatic nitrogens is 2. The van der Waals surface area contributed by atoms with Crippen molar-refractivity contribution in [3.8, 4) is 0 Å². The number of carbonyl (C=O) groups excluding carboxylic acids is 1. The summed E-state index contributed by atoms with van der Waals surface area (Å²) in [5, 5.41) is 3.05. The van der Waals surface area contributed by atoms with Crippen molar-refractivity contribution in [1.82, 2.24) is 20.2 Å². The quantitative estimate of drug-likeness (QED) is 0.867. The molecule has 2 fully saturated rings. The molecular formula is C13H18BrN5O2. The van der Waals surface area contributed by atoms with Crippen LogP contribution in [-0.2, 0) is 4.74 Å². The number of piperidine rings is 1. The molecule has 2 atom stereocenters. The van der Waals surface area contributed by atoms with Gasteiger partial charge in [0.2, 0.25) is 5.95 Å². The number of nitrogens with one attached hydrogen (secondary N) is 1. The number of methoxy groups -OCH3 is 1. The predicted octanol–water partition coefficient (Wildman–Crippen LogP) is 0.858. The van der Waals surface area contributed by atoms with E-state index in [9.17, 15) is 4.79 Å². The lowest BCUT2D eigenvalue weighted by atomic mass is 10.0. The molecule has 0 saturated carbocycles. The van der Waals surface area contributed by atoms with Crippen LogP contribution in [0.25, 0.3) is 0 Å². The van der Waals surface area contributed by atoms with Gasteiger partial charge in [0.05, 0.1) is 23.2 Å². The zero-order chi connectivity index (χ0) is 14.8. The van der Waals surface area contributed by atoms with Crippen molar-refractivity contribution in [3.63, 3.8) is 0 Å². The van der Waals surface area contributed by atoms with Crippen LogP contribution >= 0.6 is 15.9 Å². The maximum absolute atomic E-state index is 12.0. The van der Waals surface area contributed by atoms with Gasteiger partial charge in [0.15, 0.2) is 0 Å². The van der Waals surface area contributed by atoms with E-state index < -0.39 is 0 Å². The summed E-state index contributed by atoms with van der Waals surface area (Å²) in [6.45, 7) is 2.79. The standard InChI is InChI=1S/C13H18BrN5O2/c1-21-5-4-19-11-2-3-18(8-10(11)17-13(19)20)12-15-6-9(14)7-16-12/h6-7,10-11H,2-5,8H2,1H3,(H,17,20)/t10-,11+/m1/s1. The summed E-state index contributed by atoms with van der Waals surface area (Å²) in [4.78, 5) is 24.7. The Hall–Kier alpha value is -1.41. The van der Waals surface area contributed by atoms with E-state index >= 15 is 0 Å². The van der Waals surface area contributed by atoms with Crippen molar-refractivity contribution in [2.45, 2.75) is 18.5 Å². The van der Waals surface area contributed by atoms with E-state index in [0.717, 1.165) is 24.0 Å². The highest BCUT2D eigenvalue weighted by atomic mass is 79.9. The largest absolute Gasteiger partial charge is 0.383 e. The van der Waals surface area contributed by atoms with Crippen LogP contribution in [0, 0.1) is 0 Å². The molecule has 1 aromatic rings. The van der Waals surface area contributed by atoms with Crippen LogP contribution in [0.3, 0.4) is 0 Å². The third kappa shape index (κ3) is 2.96. The molecule has 7 nitrogen and oxygen atoms in total. The zero-order valence-electron chi connectivity index (χ0n) is 11.8. The highest BCUT2D eigenvalue weighted by Crippen LogP contribution is 2.24. The Labute approximate surface area is 131 Å². The van der Waals surface area contributed by atoms with Crippen LogP contribution in [0.2, 0.25) is 0 Å². The minimum atomic E-state index is 0.000578. The second kappa shape index (κ2) is 6.15. The minimum absolute atomic E-state index is 0.000578. The zero-order valence-corrected chi connectivity index (χ0v) is 13.4. The van der Waals surface area contributed by atoms with Gasteiger partial charge in [0.25, 0.3) is 0 Å². The molecule has 2 aliphatic rings. The number of fused-ring (bicyclic) bond motifs is 1. The monoisotopic (exact) mass is 355 g/mol. The normalized spacial score (nSPS) is 25.0. The Morgan fingerprint density at radius 3 is 2.95 bits per heavy atom. The lowest BCUT2D eigenvalue weighted by Gasteiger charge is -2.36. The number of nitrogens with zero attached hydrogens (tertiary/aromatic N) is 4. The number of hydrogen-bond donors (Lipinski definition) is 1. The van der Waals surface area contributed by atoms with Gasteiger partial charge < -0.3 is 19.9 Å². The first-order valence-corrected chi connectivity index (χ1v) is 7.77. The van der Waals surface area contributed by atoms with Gasteiger partial charge in [-0.1, -0.05) is 0 Å². The number of anilines is 1. The van der Waals surface area contributed by atoms with Gasteiger partial charge in [-0.2, -0.15) is 0 Å². The summed E-state index contributed by atoms with van der Waals surface area (Å²) < 4.78 is 5.94. The molecule has 0 radical (unpaired) electrons. The summed E-state index contributed by atoms with van der Waals surface area (Å²) >= 11 is 3.34. The molecule has 0 aliphatic carbocycles. The fraction of sp³-hybridized carbons (Fsp3) is 0.615. The van der Waals surface area contributed by atoms with Crippen LogP contribution < -0.4 is 10.2 Å². The van der Waals surface area contributed by atoms with Gasteiger partial charge in [-0.05, 0) is 22.4 Å². The number of halogens is 1. The number of rotatable bonds is 4. The molecule has 0 unspecified atom stereocenters. The van der Waals surface area contributed by atoms with Gasteiger partial charge in [-0.25, -0.2) is 14.8 Å². The highest BCUT2D eigenvalue weighted by molar-refractivity contribution is 9.10. The van der Waals surface area contributed by atoms with Gasteiger partial charge in [-0.3, -0.25) is 0 Å². The third-order valence-electron chi connectivity index (χ3n) is 3.97. The van der Waals surface area contributed by atoms with E-state index in [4.69, 9.17) is 4.74 Å². The van der Waals surface area contributed by atoms with Crippen molar-refractivity contribution in [2.75, 3.05) is 38.3 Å². The van der Waals surface area contributed by atoms with Crippen molar-refractivity contribution in [3.05, 3.63) is 16.9 Å². The maximum atomic E-state index is 12.0. The summed E-state index contributed by atoms with van der Waals surface area (Å²) in [5.74, 6) is 0.709. The van der Waals surface area contributed by atoms with Crippen LogP contribution in [0.5, 0.6) is 0 Å². The molecule has 0 spiro atoms. The molecule has 2 amide bonds. The summed E-state index contributed by atoms with van der Waals surface area (Å²) in [7, 11) is 1.65. The summed E-state index contributed by atoms with van der Waals surface area (Å²) in [6.07, 6.45) is 4.39. The second-order valence-corrected chi connectivity index (χ2v) is 6.16. The maximum Gasteiger partial charge on any atom is 0.318 e. The van der Waals surface area contributed by atoms with E-state index in [1.165, 1.54) is 0 Å². The molecule has 2 aliphatic heterocycles. The van der Waals surface area contributed by atoms with Crippen molar-refractivity contribution in [1.29, 1.82) is 0 Å². The lowest BCUT2D eigenvalue weighted by molar-refractivity contribution is 0.140. The summed E-state index contributed by atoms with van der Waals surface area (Å²) in [5.41, 5.74) is 0. The van der Waals surface area contributed by atoms with E-state index in [1.807, 2.05) is 4.90 Å². The number of urea groups is 1. The molecular weight excluding hydrogens is 338 g/mol. The molecule has 3 rings (SSSR count). The third-order valence-corrected chi connectivity index (χ3v) is 4.38. The van der Waals surface area contributed by atoms with Gasteiger partial charge in [0.1, 0.15) is 0 Å². The predicted molar refractivity (Wildman–Crippen MR) is 81.3 cm³/mol. The average molecular weight is 356 g/mol. The first-order valence-electron chi connectivity index (χ1n) is 6.97. The average Bonchev–Trinajstić information content (AvgIpc) is 2.80. The Bertz CT molecular complexity index is 512. The second-order valence-electron chi connectivity index (χ2n) is 5.25. The number of ether oxygens (including phenoxy) is 1. The first-order chi connectivity index (χ1) is 10.2. The number of amides is 2. The van der Waals surface area contributed by atoms with Crippen molar-refractivity contribution < 1.29 is 9.53 Å². The molecule has 21 heavy (non-hydrogen) atoms. The van der Waals surface area contributed by atoms with E-state index in [1.54, 1.807) is 19.5 Å². The number of carbonyl (C=O) groups is 1. The fourth-order valence-electron chi connectivity index (χ4n) is 2.95. The Morgan fingerprint density at radius 1 is 1.48 bits per heavy atom. The van der Waals surface area contributed by atoms with Crippen molar-refractivity contribution >= 4 is 27.9 Å². The van der Waals surface area contributed by atoms with Crippen molar-refractivity contribution in [2.24, 2.45) is 0 Å². The Balaban J connectivity index is 1.67. The minimum Gasteiger partial charge on any atom is -0.383 e. The van der Waals surface area contributed by atoms with E-state index in [-0.39, 0.29) is 18.1 Å². The van der Waals surface area contributed by atoms with E-state index in [2.05, 4.69) is 36.1 Å². The molecule has 1 aromatic heterocycles. The van der Waals surface area contributed by atoms with Gasteiger partial charge in [-0.15, -0.1) is 0 Å². The summed E-state index contributed by atoms with van der Waals surface area (Å²) in [6, 6.07) is 0.357. The van der Waals surface area contributed by atoms with Crippen LogP contribution in [0.4, 0.5) is 10.7 Å². The molecule has 3 heterocycles. The smallest absolute Gasteiger partial charge is 0.318 e. The molecule has 0 aromatic carbocycles.